The van der Waals surface area contributed by atoms with Gasteiger partial charge in [-0.1, -0.05) is 0 Å². The van der Waals surface area contributed by atoms with Crippen LogP contribution in [0.15, 0.2) is 57.6 Å². The topological polar surface area (TPSA) is 710 Å². The third kappa shape index (κ3) is 22.1. The average molecular weight is 1300 g/mol. The molecule has 1 saturated heterocycles. The lowest BCUT2D eigenvalue weighted by atomic mass is 9.98. The van der Waals surface area contributed by atoms with Crippen molar-refractivity contribution in [1.82, 2.24) is 0 Å². The summed E-state index contributed by atoms with van der Waals surface area (Å²) in [5.74, 6) is -16.1. The summed E-state index contributed by atoms with van der Waals surface area (Å²) in [5, 5.41) is 328. The molecule has 22 unspecified atom stereocenters. The van der Waals surface area contributed by atoms with Crippen LogP contribution in [0, 0.1) is 0 Å². The molecular formula is C48H84O40. The molecule has 3 heterocycles. The van der Waals surface area contributed by atoms with Gasteiger partial charge in [0.15, 0.2) is 76.5 Å². The molecule has 1 fully saturated rings. The lowest BCUT2D eigenvalue weighted by Gasteiger charge is -2.43. The zero-order valence-corrected chi connectivity index (χ0v) is 46.4. The van der Waals surface area contributed by atoms with Gasteiger partial charge in [0.1, 0.15) is 79.4 Å². The van der Waals surface area contributed by atoms with E-state index in [-0.39, 0.29) is 0 Å². The van der Waals surface area contributed by atoms with Crippen molar-refractivity contribution in [3.8, 4) is 0 Å². The van der Waals surface area contributed by atoms with Gasteiger partial charge in [0, 0.05) is 78.4 Å². The van der Waals surface area contributed by atoms with E-state index in [0.29, 0.717) is 0 Å². The van der Waals surface area contributed by atoms with Crippen molar-refractivity contribution >= 4 is 0 Å². The molecule has 0 aromatic rings. The minimum absolute atomic E-state index is 0.793. The molecule has 88 heavy (non-hydrogen) atoms. The second kappa shape index (κ2) is 39.0. The Morgan fingerprint density at radius 2 is 0.489 bits per heavy atom. The standard InChI is InChI=1S/C48H84O40/c49-8-1-16-24(57)32(65)41(73)81-17(2-9-50)25(58)34(67)43(75)83-19(4-11-52)27(60)36(69)45(77)85-21(6-13-54)29(62)38(71)47(79)88-40-23(15-56)87-48(39(72)31(40)64)86-22(7-14-55)30(63)37(70)46(78)84-20(5-12-53)28(61)35(68)44(76)82-18(3-10-51)26(59)33(66)42(74)80-16/h16-23,25,28,31,34-35,39-79H,1-15H2/b32-24?,33-26+,36-27+,37-30-,38-29-/t16?,17?,18?,19-,20?,21?,22?,23?,25?,28?,31?,34?,35?,39?,40?,41?,42?,43?,44?,45?,46?,47?,48?/m1/s1. The fraction of sp³-hybridized carbons (Fsp3) is 0.792. The van der Waals surface area contributed by atoms with E-state index in [1.165, 1.54) is 0 Å². The minimum Gasteiger partial charge on any atom is -0.506 e. The Balaban J connectivity index is 2.83. The molecule has 2 bridgehead atoms. The number of aliphatic hydroxyl groups is 31. The number of rotatable bonds is 15. The van der Waals surface area contributed by atoms with Crippen LogP contribution in [0.1, 0.15) is 44.9 Å². The van der Waals surface area contributed by atoms with Crippen LogP contribution in [0.3, 0.4) is 0 Å². The van der Waals surface area contributed by atoms with Crippen LogP contribution in [-0.4, -0.2) is 353 Å². The third-order valence-corrected chi connectivity index (χ3v) is 13.0. The first-order valence-corrected chi connectivity index (χ1v) is 26.6. The van der Waals surface area contributed by atoms with Crippen molar-refractivity contribution in [2.45, 2.75) is 187 Å². The van der Waals surface area contributed by atoms with Crippen molar-refractivity contribution in [3.05, 3.63) is 57.6 Å². The lowest BCUT2D eigenvalue weighted by molar-refractivity contribution is -0.329. The van der Waals surface area contributed by atoms with E-state index in [1.54, 1.807) is 0 Å². The van der Waals surface area contributed by atoms with E-state index in [4.69, 9.17) is 42.6 Å². The molecule has 3 rings (SSSR count). The monoisotopic (exact) mass is 1300 g/mol. The van der Waals surface area contributed by atoms with E-state index >= 15 is 0 Å². The maximum Gasteiger partial charge on any atom is 0.218 e. The second-order valence-corrected chi connectivity index (χ2v) is 19.2. The van der Waals surface area contributed by atoms with Crippen molar-refractivity contribution in [1.29, 1.82) is 0 Å². The predicted molar refractivity (Wildman–Crippen MR) is 276 cm³/mol. The quantitative estimate of drug-likeness (QED) is 0.0724. The maximum atomic E-state index is 11.1. The Kier molecular flexibility index (Phi) is 35.3. The van der Waals surface area contributed by atoms with Gasteiger partial charge in [-0.3, -0.25) is 0 Å². The number of hydrogen-bond acceptors (Lipinski definition) is 40. The number of aliphatic hydroxyl groups excluding tert-OH is 31. The summed E-state index contributed by atoms with van der Waals surface area (Å²) in [6.07, 6.45) is -63.0. The fourth-order valence-electron chi connectivity index (χ4n) is 8.17. The van der Waals surface area contributed by atoms with Gasteiger partial charge in [-0.15, -0.1) is 0 Å². The van der Waals surface area contributed by atoms with Crippen molar-refractivity contribution < 1.29 is 201 Å². The van der Waals surface area contributed by atoms with Crippen LogP contribution in [0.25, 0.3) is 0 Å². The number of fused-ring (bicyclic) bond motifs is 32. The molecule has 516 valence electrons. The zero-order chi connectivity index (χ0) is 67.0. The van der Waals surface area contributed by atoms with E-state index in [2.05, 4.69) is 0 Å². The third-order valence-electron chi connectivity index (χ3n) is 13.0. The molecule has 40 nitrogen and oxygen atoms in total. The Morgan fingerprint density at radius 3 is 0.773 bits per heavy atom. The highest BCUT2D eigenvalue weighted by molar-refractivity contribution is 5.13. The summed E-state index contributed by atoms with van der Waals surface area (Å²) in [4.78, 5) is 0. The van der Waals surface area contributed by atoms with Gasteiger partial charge in [0.25, 0.3) is 0 Å². The first-order chi connectivity index (χ1) is 41.4. The van der Waals surface area contributed by atoms with Crippen LogP contribution in [0.2, 0.25) is 0 Å². The number of hydrogen-bond donors (Lipinski definition) is 31. The Hall–Kier alpha value is -4.50. The SMILES string of the molecule is OCCC1OC(O)/C(O)=C(\O)C(CCO)OC(O)C(O)C(O)C(CCO)OC(O)/C(O)=C(/O)C(CCO)OC2OC(CO)C(OC(O)/C(O)=C(/O)C(CCO)OC(O)/C(O)=C(\O)[C@@H](CCO)OC(O)C(O)C(O)C(CCO)OC(O)C(O)=C1O)C(O)C2O. The van der Waals surface area contributed by atoms with Crippen LogP contribution in [0.4, 0.5) is 0 Å². The summed E-state index contributed by atoms with van der Waals surface area (Å²) < 4.78 is 46.4. The van der Waals surface area contributed by atoms with Gasteiger partial charge in [-0.2, -0.15) is 0 Å². The van der Waals surface area contributed by atoms with Gasteiger partial charge >= 0.3 is 0 Å². The Bertz CT molecular complexity index is 2180. The van der Waals surface area contributed by atoms with Crippen molar-refractivity contribution in [3.63, 3.8) is 0 Å². The largest absolute Gasteiger partial charge is 0.506 e. The van der Waals surface area contributed by atoms with Crippen LogP contribution in [0.5, 0.6) is 0 Å². The van der Waals surface area contributed by atoms with Crippen molar-refractivity contribution in [2.75, 3.05) is 52.9 Å². The summed E-state index contributed by atoms with van der Waals surface area (Å²) >= 11 is 0. The summed E-state index contributed by atoms with van der Waals surface area (Å²) in [7, 11) is 0. The maximum absolute atomic E-state index is 11.1. The van der Waals surface area contributed by atoms with Crippen LogP contribution >= 0.6 is 0 Å². The number of ether oxygens (including phenoxy) is 9. The highest BCUT2D eigenvalue weighted by atomic mass is 16.7. The normalized spacial score (nSPS) is 41.0. The molecule has 3 aliphatic heterocycles. The first-order valence-electron chi connectivity index (χ1n) is 26.6. The van der Waals surface area contributed by atoms with E-state index < -0.39 is 297 Å². The summed E-state index contributed by atoms with van der Waals surface area (Å²) in [6, 6.07) is 0. The zero-order valence-electron chi connectivity index (χ0n) is 46.4. The lowest BCUT2D eigenvalue weighted by Crippen LogP contribution is -2.61. The van der Waals surface area contributed by atoms with E-state index in [9.17, 15) is 158 Å². The Labute approximate surface area is 497 Å². The second-order valence-electron chi connectivity index (χ2n) is 19.2. The van der Waals surface area contributed by atoms with Gasteiger partial charge in [0.05, 0.1) is 18.8 Å². The molecule has 0 aromatic carbocycles. The molecule has 40 heteroatoms. The first kappa shape index (κ1) is 79.6. The highest BCUT2D eigenvalue weighted by Gasteiger charge is 2.49. The van der Waals surface area contributed by atoms with Gasteiger partial charge < -0.3 is 201 Å². The van der Waals surface area contributed by atoms with Gasteiger partial charge in [-0.05, 0) is 12.8 Å². The van der Waals surface area contributed by atoms with E-state index in [0.717, 1.165) is 0 Å². The average Bonchev–Trinajstić information content (AvgIpc) is 1.09. The predicted octanol–water partition coefficient (Wildman–Crippen LogP) is -9.49. The molecule has 3 aliphatic rings. The molecule has 31 N–H and O–H groups in total. The van der Waals surface area contributed by atoms with Gasteiger partial charge in [0.2, 0.25) is 31.5 Å². The molecular weight excluding hydrogens is 1220 g/mol. The van der Waals surface area contributed by atoms with Gasteiger partial charge in [-0.25, -0.2) is 0 Å². The smallest absolute Gasteiger partial charge is 0.218 e. The van der Waals surface area contributed by atoms with E-state index in [1.807, 2.05) is 0 Å². The highest BCUT2D eigenvalue weighted by Crippen LogP contribution is 2.31. The summed E-state index contributed by atoms with van der Waals surface area (Å²) in [5.41, 5.74) is 0. The fourth-order valence-corrected chi connectivity index (χ4v) is 8.17. The minimum atomic E-state index is -2.89. The van der Waals surface area contributed by atoms with Crippen LogP contribution < -0.4 is 0 Å². The van der Waals surface area contributed by atoms with Crippen molar-refractivity contribution in [2.24, 2.45) is 0 Å². The molecule has 23 atom stereocenters. The molecule has 0 radical (unpaired) electrons. The molecule has 0 aliphatic carbocycles. The molecule has 0 spiro atoms. The Morgan fingerprint density at radius 1 is 0.227 bits per heavy atom. The summed E-state index contributed by atoms with van der Waals surface area (Å²) in [6.45, 7) is -8.20. The molecule has 0 saturated carbocycles. The van der Waals surface area contributed by atoms with Crippen LogP contribution in [-0.2, 0) is 42.6 Å². The molecule has 0 aromatic heterocycles. The molecule has 0 amide bonds.